The summed E-state index contributed by atoms with van der Waals surface area (Å²) in [6.45, 7) is 1.82. The first-order valence-electron chi connectivity index (χ1n) is 10.9. The number of benzene rings is 3. The molecular weight excluding hydrogens is 464 g/mol. The SMILES string of the molecule is COc1cc(/C=C/C(=O)OCc2ccc(OC(=O)/C=C/c3ccc(O)c(OC)c3)c(C)c2)ccc1O. The number of phenols is 2. The molecule has 0 aromatic heterocycles. The molecule has 0 aliphatic carbocycles. The zero-order chi connectivity index (χ0) is 26.1. The maximum absolute atomic E-state index is 12.2. The maximum atomic E-state index is 12.2. The van der Waals surface area contributed by atoms with E-state index in [2.05, 4.69) is 0 Å². The van der Waals surface area contributed by atoms with E-state index in [4.69, 9.17) is 18.9 Å². The van der Waals surface area contributed by atoms with Gasteiger partial charge < -0.3 is 29.2 Å². The molecule has 8 nitrogen and oxygen atoms in total. The quantitative estimate of drug-likeness (QED) is 0.250. The van der Waals surface area contributed by atoms with Crippen LogP contribution in [0, 0.1) is 6.92 Å². The smallest absolute Gasteiger partial charge is 0.336 e. The van der Waals surface area contributed by atoms with Crippen molar-refractivity contribution in [3.63, 3.8) is 0 Å². The molecule has 0 radical (unpaired) electrons. The molecule has 8 heteroatoms. The molecule has 3 rings (SSSR count). The van der Waals surface area contributed by atoms with Gasteiger partial charge in [-0.05, 0) is 77.7 Å². The van der Waals surface area contributed by atoms with Gasteiger partial charge in [0, 0.05) is 12.2 Å². The third-order valence-electron chi connectivity index (χ3n) is 5.06. The van der Waals surface area contributed by atoms with Crippen molar-refractivity contribution in [1.29, 1.82) is 0 Å². The maximum Gasteiger partial charge on any atom is 0.336 e. The number of carbonyl (C=O) groups is 2. The number of aryl methyl sites for hydroxylation is 1. The lowest BCUT2D eigenvalue weighted by Gasteiger charge is -2.08. The van der Waals surface area contributed by atoms with Gasteiger partial charge in [0.15, 0.2) is 23.0 Å². The minimum atomic E-state index is -0.569. The van der Waals surface area contributed by atoms with Gasteiger partial charge in [0.1, 0.15) is 12.4 Å². The average Bonchev–Trinajstić information content (AvgIpc) is 2.87. The normalized spacial score (nSPS) is 11.0. The highest BCUT2D eigenvalue weighted by Crippen LogP contribution is 2.28. The Bertz CT molecular complexity index is 1310. The lowest BCUT2D eigenvalue weighted by molar-refractivity contribution is -0.138. The van der Waals surface area contributed by atoms with Crippen LogP contribution in [0.1, 0.15) is 22.3 Å². The summed E-state index contributed by atoms with van der Waals surface area (Å²) in [4.78, 5) is 24.3. The van der Waals surface area contributed by atoms with Gasteiger partial charge in [0.25, 0.3) is 0 Å². The van der Waals surface area contributed by atoms with Crippen molar-refractivity contribution in [2.75, 3.05) is 14.2 Å². The minimum absolute atomic E-state index is 0.00708. The van der Waals surface area contributed by atoms with Crippen molar-refractivity contribution >= 4 is 24.1 Å². The number of ether oxygens (including phenoxy) is 4. The number of hydrogen-bond acceptors (Lipinski definition) is 8. The van der Waals surface area contributed by atoms with Crippen molar-refractivity contribution in [2.24, 2.45) is 0 Å². The van der Waals surface area contributed by atoms with Gasteiger partial charge in [-0.2, -0.15) is 0 Å². The number of hydrogen-bond donors (Lipinski definition) is 2. The summed E-state index contributed by atoms with van der Waals surface area (Å²) in [7, 11) is 2.88. The lowest BCUT2D eigenvalue weighted by atomic mass is 10.1. The van der Waals surface area contributed by atoms with E-state index in [0.717, 1.165) is 5.56 Å². The van der Waals surface area contributed by atoms with E-state index in [1.807, 2.05) is 0 Å². The van der Waals surface area contributed by atoms with Crippen LogP contribution in [0.4, 0.5) is 0 Å². The molecule has 3 aromatic carbocycles. The highest BCUT2D eigenvalue weighted by Gasteiger charge is 2.08. The molecule has 2 N–H and O–H groups in total. The number of rotatable bonds is 9. The van der Waals surface area contributed by atoms with Crippen molar-refractivity contribution in [2.45, 2.75) is 13.5 Å². The topological polar surface area (TPSA) is 112 Å². The molecule has 0 saturated carbocycles. The van der Waals surface area contributed by atoms with Crippen LogP contribution in [0.15, 0.2) is 66.7 Å². The largest absolute Gasteiger partial charge is 0.504 e. The van der Waals surface area contributed by atoms with E-state index >= 15 is 0 Å². The van der Waals surface area contributed by atoms with Gasteiger partial charge in [0.05, 0.1) is 14.2 Å². The highest BCUT2D eigenvalue weighted by molar-refractivity contribution is 5.89. The van der Waals surface area contributed by atoms with E-state index < -0.39 is 11.9 Å². The van der Waals surface area contributed by atoms with Crippen LogP contribution in [-0.2, 0) is 20.9 Å². The summed E-state index contributed by atoms with van der Waals surface area (Å²) in [5, 5.41) is 19.3. The number of carbonyl (C=O) groups excluding carboxylic acids is 2. The minimum Gasteiger partial charge on any atom is -0.504 e. The van der Waals surface area contributed by atoms with Crippen LogP contribution in [-0.4, -0.2) is 36.4 Å². The number of esters is 2. The van der Waals surface area contributed by atoms with Crippen LogP contribution >= 0.6 is 0 Å². The van der Waals surface area contributed by atoms with Gasteiger partial charge in [-0.15, -0.1) is 0 Å². The van der Waals surface area contributed by atoms with E-state index in [-0.39, 0.29) is 18.1 Å². The summed E-state index contributed by atoms with van der Waals surface area (Å²) < 4.78 is 20.7. The molecule has 0 atom stereocenters. The van der Waals surface area contributed by atoms with Crippen LogP contribution in [0.2, 0.25) is 0 Å². The molecular formula is C28H26O8. The second-order valence-corrected chi connectivity index (χ2v) is 7.66. The third-order valence-corrected chi connectivity index (χ3v) is 5.06. The Hall–Kier alpha value is -4.72. The third kappa shape index (κ3) is 7.14. The molecule has 0 amide bonds. The molecule has 0 spiro atoms. The first-order valence-corrected chi connectivity index (χ1v) is 10.9. The zero-order valence-electron chi connectivity index (χ0n) is 20.1. The zero-order valence-corrected chi connectivity index (χ0v) is 20.1. The van der Waals surface area contributed by atoms with Gasteiger partial charge in [-0.25, -0.2) is 9.59 Å². The number of aromatic hydroxyl groups is 2. The predicted octanol–water partition coefficient (Wildman–Crippen LogP) is 4.80. The molecule has 36 heavy (non-hydrogen) atoms. The summed E-state index contributed by atoms with van der Waals surface area (Å²) in [5.74, 6) is -0.106. The van der Waals surface area contributed by atoms with Crippen LogP contribution in [0.3, 0.4) is 0 Å². The summed E-state index contributed by atoms with van der Waals surface area (Å²) in [6.07, 6.45) is 5.66. The van der Waals surface area contributed by atoms with Crippen LogP contribution in [0.25, 0.3) is 12.2 Å². The Morgan fingerprint density at radius 1 is 0.750 bits per heavy atom. The van der Waals surface area contributed by atoms with E-state index in [0.29, 0.717) is 33.9 Å². The molecule has 0 fully saturated rings. The number of methoxy groups -OCH3 is 2. The van der Waals surface area contributed by atoms with Gasteiger partial charge >= 0.3 is 11.9 Å². The van der Waals surface area contributed by atoms with Crippen molar-refractivity contribution in [3.05, 3.63) is 89.0 Å². The second kappa shape index (κ2) is 12.1. The Balaban J connectivity index is 1.54. The summed E-state index contributed by atoms with van der Waals surface area (Å²) >= 11 is 0. The highest BCUT2D eigenvalue weighted by atomic mass is 16.5. The molecule has 0 aliphatic heterocycles. The average molecular weight is 491 g/mol. The standard InChI is InChI=1S/C28H26O8/c1-18-14-21(17-35-27(31)12-7-19-4-9-22(29)25(15-19)33-2)6-11-24(18)36-28(32)13-8-20-5-10-23(30)26(16-20)34-3/h4-16,29-30H,17H2,1-3H3/b12-7+,13-8+. The first kappa shape index (κ1) is 25.9. The lowest BCUT2D eigenvalue weighted by Crippen LogP contribution is -2.06. The Morgan fingerprint density at radius 2 is 1.31 bits per heavy atom. The molecule has 0 heterocycles. The fraction of sp³-hybridized carbons (Fsp3) is 0.143. The molecule has 0 saturated heterocycles. The predicted molar refractivity (Wildman–Crippen MR) is 134 cm³/mol. The fourth-order valence-electron chi connectivity index (χ4n) is 3.19. The second-order valence-electron chi connectivity index (χ2n) is 7.66. The Morgan fingerprint density at radius 3 is 1.83 bits per heavy atom. The molecule has 0 unspecified atom stereocenters. The van der Waals surface area contributed by atoms with E-state index in [1.54, 1.807) is 61.5 Å². The number of phenolic OH excluding ortho intramolecular Hbond substituents is 2. The van der Waals surface area contributed by atoms with Crippen LogP contribution in [0.5, 0.6) is 28.7 Å². The van der Waals surface area contributed by atoms with Gasteiger partial charge in [-0.1, -0.05) is 18.2 Å². The monoisotopic (exact) mass is 490 g/mol. The molecule has 0 aliphatic rings. The van der Waals surface area contributed by atoms with E-state index in [1.165, 1.54) is 38.5 Å². The molecule has 0 bridgehead atoms. The Labute approximate surface area is 208 Å². The first-order chi connectivity index (χ1) is 17.3. The van der Waals surface area contributed by atoms with E-state index in [9.17, 15) is 19.8 Å². The van der Waals surface area contributed by atoms with Crippen molar-refractivity contribution in [3.8, 4) is 28.7 Å². The fourth-order valence-corrected chi connectivity index (χ4v) is 3.19. The van der Waals surface area contributed by atoms with Crippen molar-refractivity contribution < 1.29 is 38.7 Å². The molecule has 3 aromatic rings. The molecule has 186 valence electrons. The van der Waals surface area contributed by atoms with Crippen LogP contribution < -0.4 is 14.2 Å². The van der Waals surface area contributed by atoms with Gasteiger partial charge in [0.2, 0.25) is 0 Å². The van der Waals surface area contributed by atoms with Gasteiger partial charge in [-0.3, -0.25) is 0 Å². The van der Waals surface area contributed by atoms with Crippen molar-refractivity contribution in [1.82, 2.24) is 0 Å². The Kier molecular flexibility index (Phi) is 8.72. The summed E-state index contributed by atoms with van der Waals surface area (Å²) in [5.41, 5.74) is 2.76. The summed E-state index contributed by atoms with van der Waals surface area (Å²) in [6, 6.07) is 14.5.